The van der Waals surface area contributed by atoms with E-state index in [4.69, 9.17) is 5.73 Å². The Kier molecular flexibility index (Phi) is 6.04. The zero-order chi connectivity index (χ0) is 22.0. The highest BCUT2D eigenvalue weighted by atomic mass is 16.2. The molecule has 0 bridgehead atoms. The average Bonchev–Trinajstić information content (AvgIpc) is 3.14. The molecule has 0 unspecified atom stereocenters. The molecule has 1 amide bonds. The van der Waals surface area contributed by atoms with Crippen molar-refractivity contribution in [3.63, 3.8) is 0 Å². The number of hydrogen-bond donors (Lipinski definition) is 2. The molecule has 3 heterocycles. The number of anilines is 2. The SMILES string of the molecule is CCCCn1c(N)c(N(CC)C(=O)c2cnc3c(cnn3C(C)C)c2)c(=O)[nH]c1=O. The summed E-state index contributed by atoms with van der Waals surface area (Å²) in [6, 6.07) is 1.82. The van der Waals surface area contributed by atoms with Gasteiger partial charge in [-0.15, -0.1) is 0 Å². The molecule has 0 aliphatic rings. The summed E-state index contributed by atoms with van der Waals surface area (Å²) in [4.78, 5) is 45.9. The fraction of sp³-hybridized carbons (Fsp3) is 0.450. The van der Waals surface area contributed by atoms with Gasteiger partial charge in [0.1, 0.15) is 5.82 Å². The third-order valence-corrected chi connectivity index (χ3v) is 4.95. The van der Waals surface area contributed by atoms with Gasteiger partial charge in [-0.3, -0.25) is 19.1 Å². The van der Waals surface area contributed by atoms with Gasteiger partial charge < -0.3 is 10.6 Å². The van der Waals surface area contributed by atoms with Crippen LogP contribution in [-0.2, 0) is 6.54 Å². The summed E-state index contributed by atoms with van der Waals surface area (Å²) in [5.74, 6) is -0.448. The molecule has 3 aromatic heterocycles. The van der Waals surface area contributed by atoms with Crippen molar-refractivity contribution in [2.24, 2.45) is 0 Å². The van der Waals surface area contributed by atoms with E-state index in [2.05, 4.69) is 15.1 Å². The second kappa shape index (κ2) is 8.52. The molecule has 10 nitrogen and oxygen atoms in total. The number of H-pyrrole nitrogens is 1. The van der Waals surface area contributed by atoms with E-state index in [1.165, 1.54) is 15.7 Å². The smallest absolute Gasteiger partial charge is 0.330 e. The standard InChI is InChI=1S/C20H27N7O3/c1-5-7-8-26-16(21)15(18(28)24-20(26)30)25(6-2)19(29)14-9-13-11-23-27(12(3)4)17(13)22-10-14/h9-12H,5-8,21H2,1-4H3,(H,24,28,30). The van der Waals surface area contributed by atoms with Gasteiger partial charge >= 0.3 is 5.69 Å². The first kappa shape index (κ1) is 21.3. The van der Waals surface area contributed by atoms with Crippen molar-refractivity contribution in [1.29, 1.82) is 0 Å². The molecule has 30 heavy (non-hydrogen) atoms. The Labute approximate surface area is 173 Å². The molecule has 0 aliphatic carbocycles. The number of hydrogen-bond acceptors (Lipinski definition) is 6. The molecule has 0 spiro atoms. The molecule has 3 N–H and O–H groups in total. The van der Waals surface area contributed by atoms with Crippen molar-refractivity contribution in [2.75, 3.05) is 17.2 Å². The first-order valence-corrected chi connectivity index (χ1v) is 10.1. The summed E-state index contributed by atoms with van der Waals surface area (Å²) in [5, 5.41) is 5.04. The number of unbranched alkanes of at least 4 members (excludes halogenated alkanes) is 1. The summed E-state index contributed by atoms with van der Waals surface area (Å²) in [5.41, 5.74) is 5.84. The topological polar surface area (TPSA) is 132 Å². The predicted molar refractivity (Wildman–Crippen MR) is 116 cm³/mol. The number of nitrogens with two attached hydrogens (primary N) is 1. The minimum atomic E-state index is -0.692. The zero-order valence-electron chi connectivity index (χ0n) is 17.7. The average molecular weight is 413 g/mol. The second-order valence-electron chi connectivity index (χ2n) is 7.37. The molecule has 0 aliphatic heterocycles. The number of aromatic amines is 1. The van der Waals surface area contributed by atoms with Crippen LogP contribution in [-0.4, -0.2) is 36.8 Å². The molecule has 0 saturated carbocycles. The van der Waals surface area contributed by atoms with Crippen molar-refractivity contribution in [1.82, 2.24) is 24.3 Å². The highest BCUT2D eigenvalue weighted by Crippen LogP contribution is 2.22. The monoisotopic (exact) mass is 413 g/mol. The molecule has 3 aromatic rings. The van der Waals surface area contributed by atoms with Gasteiger partial charge in [-0.1, -0.05) is 13.3 Å². The fourth-order valence-electron chi connectivity index (χ4n) is 3.37. The van der Waals surface area contributed by atoms with Crippen LogP contribution < -0.4 is 21.9 Å². The fourth-order valence-corrected chi connectivity index (χ4v) is 3.37. The molecule has 0 fully saturated rings. The van der Waals surface area contributed by atoms with Crippen LogP contribution in [0, 0.1) is 0 Å². The van der Waals surface area contributed by atoms with E-state index in [-0.39, 0.29) is 24.1 Å². The van der Waals surface area contributed by atoms with E-state index >= 15 is 0 Å². The van der Waals surface area contributed by atoms with Crippen LogP contribution in [0.4, 0.5) is 11.5 Å². The lowest BCUT2D eigenvalue weighted by atomic mass is 10.2. The Morgan fingerprint density at radius 3 is 2.63 bits per heavy atom. The van der Waals surface area contributed by atoms with Crippen LogP contribution in [0.1, 0.15) is 56.9 Å². The lowest BCUT2D eigenvalue weighted by Gasteiger charge is -2.23. The van der Waals surface area contributed by atoms with Crippen LogP contribution in [0.5, 0.6) is 0 Å². The van der Waals surface area contributed by atoms with E-state index in [0.717, 1.165) is 18.2 Å². The summed E-state index contributed by atoms with van der Waals surface area (Å²) < 4.78 is 3.07. The predicted octanol–water partition coefficient (Wildman–Crippen LogP) is 1.91. The maximum Gasteiger partial charge on any atom is 0.330 e. The Balaban J connectivity index is 2.06. The number of carbonyl (C=O) groups is 1. The van der Waals surface area contributed by atoms with Crippen LogP contribution >= 0.6 is 0 Å². The number of nitrogen functional groups attached to an aromatic ring is 1. The highest BCUT2D eigenvalue weighted by Gasteiger charge is 2.24. The number of aromatic nitrogens is 5. The lowest BCUT2D eigenvalue weighted by molar-refractivity contribution is 0.0987. The number of nitrogens with one attached hydrogen (secondary N) is 1. The van der Waals surface area contributed by atoms with Gasteiger partial charge in [-0.25, -0.2) is 14.5 Å². The summed E-state index contributed by atoms with van der Waals surface area (Å²) in [7, 11) is 0. The maximum absolute atomic E-state index is 13.2. The normalized spacial score (nSPS) is 11.4. The van der Waals surface area contributed by atoms with Crippen molar-refractivity contribution >= 4 is 28.4 Å². The van der Waals surface area contributed by atoms with Crippen molar-refractivity contribution in [3.8, 4) is 0 Å². The number of carbonyl (C=O) groups excluding carboxylic acids is 1. The molecule has 0 atom stereocenters. The Morgan fingerprint density at radius 1 is 1.27 bits per heavy atom. The third-order valence-electron chi connectivity index (χ3n) is 4.95. The molecule has 0 radical (unpaired) electrons. The Hall–Kier alpha value is -3.43. The molecule has 10 heteroatoms. The van der Waals surface area contributed by atoms with Gasteiger partial charge in [0.15, 0.2) is 11.3 Å². The van der Waals surface area contributed by atoms with Gasteiger partial charge in [-0.2, -0.15) is 5.10 Å². The number of rotatable bonds is 7. The first-order chi connectivity index (χ1) is 14.3. The van der Waals surface area contributed by atoms with Gasteiger partial charge in [0.25, 0.3) is 11.5 Å². The summed E-state index contributed by atoms with van der Waals surface area (Å²) in [6.07, 6.45) is 4.69. The quantitative estimate of drug-likeness (QED) is 0.608. The molecule has 0 saturated heterocycles. The van der Waals surface area contributed by atoms with Crippen LogP contribution in [0.3, 0.4) is 0 Å². The van der Waals surface area contributed by atoms with Crippen LogP contribution in [0.25, 0.3) is 11.0 Å². The molecule has 3 rings (SSSR count). The second-order valence-corrected chi connectivity index (χ2v) is 7.37. The van der Waals surface area contributed by atoms with Gasteiger partial charge in [0.05, 0.1) is 11.8 Å². The van der Waals surface area contributed by atoms with Crippen LogP contribution in [0.15, 0.2) is 28.0 Å². The van der Waals surface area contributed by atoms with E-state index in [1.807, 2.05) is 20.8 Å². The largest absolute Gasteiger partial charge is 0.383 e. The number of fused-ring (bicyclic) bond motifs is 1. The minimum Gasteiger partial charge on any atom is -0.383 e. The van der Waals surface area contributed by atoms with Crippen molar-refractivity contribution in [2.45, 2.75) is 53.1 Å². The Morgan fingerprint density at radius 2 is 2.00 bits per heavy atom. The van der Waals surface area contributed by atoms with Gasteiger partial charge in [0, 0.05) is 30.7 Å². The van der Waals surface area contributed by atoms with E-state index in [9.17, 15) is 14.4 Å². The minimum absolute atomic E-state index is 0.0194. The number of amides is 1. The van der Waals surface area contributed by atoms with E-state index < -0.39 is 17.2 Å². The lowest BCUT2D eigenvalue weighted by Crippen LogP contribution is -2.41. The molecular formula is C20H27N7O3. The van der Waals surface area contributed by atoms with E-state index in [0.29, 0.717) is 17.8 Å². The number of nitrogens with zero attached hydrogens (tertiary/aromatic N) is 5. The molecular weight excluding hydrogens is 386 g/mol. The molecule has 160 valence electrons. The van der Waals surface area contributed by atoms with Crippen LogP contribution in [0.2, 0.25) is 0 Å². The Bertz CT molecular complexity index is 1190. The highest BCUT2D eigenvalue weighted by molar-refractivity contribution is 6.08. The number of pyridine rings is 1. The first-order valence-electron chi connectivity index (χ1n) is 10.1. The summed E-state index contributed by atoms with van der Waals surface area (Å²) in [6.45, 7) is 8.27. The maximum atomic E-state index is 13.2. The van der Waals surface area contributed by atoms with Crippen molar-refractivity contribution < 1.29 is 4.79 Å². The zero-order valence-corrected chi connectivity index (χ0v) is 17.7. The van der Waals surface area contributed by atoms with Crippen molar-refractivity contribution in [3.05, 3.63) is 44.9 Å². The van der Waals surface area contributed by atoms with Gasteiger partial charge in [0.2, 0.25) is 0 Å². The summed E-state index contributed by atoms with van der Waals surface area (Å²) >= 11 is 0. The van der Waals surface area contributed by atoms with E-state index in [1.54, 1.807) is 23.9 Å². The van der Waals surface area contributed by atoms with Gasteiger partial charge in [-0.05, 0) is 33.3 Å². The third kappa shape index (κ3) is 3.72. The molecule has 0 aromatic carbocycles.